The summed E-state index contributed by atoms with van der Waals surface area (Å²) in [4.78, 5) is 8.60. The lowest BCUT2D eigenvalue weighted by atomic mass is 10.4. The zero-order chi connectivity index (χ0) is 12.8. The van der Waals surface area contributed by atoms with Crippen molar-refractivity contribution in [1.29, 1.82) is 0 Å². The monoisotopic (exact) mass is 247 g/mol. The number of aryl methyl sites for hydroxylation is 1. The third-order valence-electron chi connectivity index (χ3n) is 2.29. The number of nitrogens with one attached hydrogen (secondary N) is 2. The SMILES string of the molecule is CCCOc1cc(C)nc(NCc2cn[nH]c2)n1. The first-order valence-corrected chi connectivity index (χ1v) is 5.98. The van der Waals surface area contributed by atoms with E-state index < -0.39 is 0 Å². The highest BCUT2D eigenvalue weighted by atomic mass is 16.5. The van der Waals surface area contributed by atoms with E-state index in [1.165, 1.54) is 0 Å². The molecule has 2 rings (SSSR count). The fourth-order valence-corrected chi connectivity index (χ4v) is 1.45. The summed E-state index contributed by atoms with van der Waals surface area (Å²) in [5.41, 5.74) is 1.93. The van der Waals surface area contributed by atoms with Crippen LogP contribution in [0, 0.1) is 6.92 Å². The number of ether oxygens (including phenoxy) is 1. The van der Waals surface area contributed by atoms with Gasteiger partial charge in [-0.15, -0.1) is 0 Å². The van der Waals surface area contributed by atoms with Crippen molar-refractivity contribution >= 4 is 5.95 Å². The average molecular weight is 247 g/mol. The maximum atomic E-state index is 5.50. The topological polar surface area (TPSA) is 75.7 Å². The van der Waals surface area contributed by atoms with Crippen molar-refractivity contribution in [3.8, 4) is 5.88 Å². The Hall–Kier alpha value is -2.11. The van der Waals surface area contributed by atoms with Crippen LogP contribution < -0.4 is 10.1 Å². The Morgan fingerprint density at radius 1 is 1.39 bits per heavy atom. The normalized spacial score (nSPS) is 10.3. The van der Waals surface area contributed by atoms with Crippen LogP contribution in [0.4, 0.5) is 5.95 Å². The van der Waals surface area contributed by atoms with Gasteiger partial charge in [-0.25, -0.2) is 4.98 Å². The molecule has 0 spiro atoms. The molecule has 0 bridgehead atoms. The van der Waals surface area contributed by atoms with E-state index in [1.54, 1.807) is 6.20 Å². The highest BCUT2D eigenvalue weighted by Gasteiger charge is 2.03. The largest absolute Gasteiger partial charge is 0.478 e. The fourth-order valence-electron chi connectivity index (χ4n) is 1.45. The number of hydrogen-bond donors (Lipinski definition) is 2. The quantitative estimate of drug-likeness (QED) is 0.815. The Kier molecular flexibility index (Phi) is 4.11. The van der Waals surface area contributed by atoms with Gasteiger partial charge in [0.1, 0.15) is 0 Å². The highest BCUT2D eigenvalue weighted by Crippen LogP contribution is 2.12. The van der Waals surface area contributed by atoms with E-state index >= 15 is 0 Å². The second-order valence-electron chi connectivity index (χ2n) is 3.98. The van der Waals surface area contributed by atoms with Gasteiger partial charge in [0.2, 0.25) is 11.8 Å². The van der Waals surface area contributed by atoms with Crippen molar-refractivity contribution in [1.82, 2.24) is 20.2 Å². The lowest BCUT2D eigenvalue weighted by molar-refractivity contribution is 0.305. The maximum absolute atomic E-state index is 5.50. The molecule has 0 saturated heterocycles. The lowest BCUT2D eigenvalue weighted by Crippen LogP contribution is -2.06. The molecule has 0 unspecified atom stereocenters. The van der Waals surface area contributed by atoms with Crippen LogP contribution in [0.3, 0.4) is 0 Å². The van der Waals surface area contributed by atoms with Gasteiger partial charge in [-0.2, -0.15) is 10.1 Å². The molecule has 18 heavy (non-hydrogen) atoms. The van der Waals surface area contributed by atoms with Crippen LogP contribution in [0.15, 0.2) is 18.5 Å². The van der Waals surface area contributed by atoms with Crippen molar-refractivity contribution in [3.63, 3.8) is 0 Å². The van der Waals surface area contributed by atoms with Gasteiger partial charge in [-0.3, -0.25) is 5.10 Å². The predicted molar refractivity (Wildman–Crippen MR) is 68.5 cm³/mol. The number of anilines is 1. The number of nitrogens with zero attached hydrogens (tertiary/aromatic N) is 3. The molecule has 6 heteroatoms. The minimum atomic E-state index is 0.572. The molecule has 2 aromatic rings. The molecular formula is C12H17N5O. The second-order valence-corrected chi connectivity index (χ2v) is 3.98. The summed E-state index contributed by atoms with van der Waals surface area (Å²) < 4.78 is 5.50. The molecule has 6 nitrogen and oxygen atoms in total. The molecule has 0 fully saturated rings. The van der Waals surface area contributed by atoms with Crippen LogP contribution in [-0.2, 0) is 6.54 Å². The predicted octanol–water partition coefficient (Wildman–Crippen LogP) is 1.91. The molecule has 0 aliphatic rings. The summed E-state index contributed by atoms with van der Waals surface area (Å²) in [5, 5.41) is 9.78. The van der Waals surface area contributed by atoms with Crippen LogP contribution >= 0.6 is 0 Å². The van der Waals surface area contributed by atoms with Gasteiger partial charge in [0.15, 0.2) is 0 Å². The van der Waals surface area contributed by atoms with Crippen LogP contribution in [0.25, 0.3) is 0 Å². The van der Waals surface area contributed by atoms with E-state index in [9.17, 15) is 0 Å². The number of aromatic amines is 1. The minimum absolute atomic E-state index is 0.572. The molecule has 0 aliphatic heterocycles. The van der Waals surface area contributed by atoms with Gasteiger partial charge in [0.25, 0.3) is 0 Å². The average Bonchev–Trinajstić information content (AvgIpc) is 2.86. The first-order chi connectivity index (χ1) is 8.78. The van der Waals surface area contributed by atoms with Gasteiger partial charge in [-0.05, 0) is 13.3 Å². The van der Waals surface area contributed by atoms with Crippen molar-refractivity contribution in [3.05, 3.63) is 29.7 Å². The van der Waals surface area contributed by atoms with Crippen LogP contribution in [-0.4, -0.2) is 26.8 Å². The van der Waals surface area contributed by atoms with Gasteiger partial charge < -0.3 is 10.1 Å². The summed E-state index contributed by atoms with van der Waals surface area (Å²) >= 11 is 0. The zero-order valence-corrected chi connectivity index (χ0v) is 10.6. The van der Waals surface area contributed by atoms with Crippen LogP contribution in [0.5, 0.6) is 5.88 Å². The summed E-state index contributed by atoms with van der Waals surface area (Å²) in [6.45, 7) is 5.28. The lowest BCUT2D eigenvalue weighted by Gasteiger charge is -2.08. The second kappa shape index (κ2) is 6.00. The molecular weight excluding hydrogens is 230 g/mol. The van der Waals surface area contributed by atoms with Crippen LogP contribution in [0.1, 0.15) is 24.6 Å². The van der Waals surface area contributed by atoms with Gasteiger partial charge in [0, 0.05) is 30.1 Å². The number of rotatable bonds is 6. The fraction of sp³-hybridized carbons (Fsp3) is 0.417. The maximum Gasteiger partial charge on any atom is 0.226 e. The van der Waals surface area contributed by atoms with E-state index in [-0.39, 0.29) is 0 Å². The molecule has 2 aromatic heterocycles. The van der Waals surface area contributed by atoms with Gasteiger partial charge >= 0.3 is 0 Å². The third kappa shape index (κ3) is 3.44. The zero-order valence-electron chi connectivity index (χ0n) is 10.6. The molecule has 0 aromatic carbocycles. The molecule has 2 heterocycles. The van der Waals surface area contributed by atoms with Gasteiger partial charge in [-0.1, -0.05) is 6.92 Å². The first-order valence-electron chi connectivity index (χ1n) is 5.98. The van der Waals surface area contributed by atoms with Crippen LogP contribution in [0.2, 0.25) is 0 Å². The van der Waals surface area contributed by atoms with E-state index in [2.05, 4.69) is 32.4 Å². The number of hydrogen-bond acceptors (Lipinski definition) is 5. The number of H-pyrrole nitrogens is 1. The van der Waals surface area contributed by atoms with Crippen molar-refractivity contribution in [2.24, 2.45) is 0 Å². The molecule has 0 aliphatic carbocycles. The Bertz CT molecular complexity index is 483. The summed E-state index contributed by atoms with van der Waals surface area (Å²) in [7, 11) is 0. The highest BCUT2D eigenvalue weighted by molar-refractivity contribution is 5.31. The Morgan fingerprint density at radius 3 is 3.00 bits per heavy atom. The summed E-state index contributed by atoms with van der Waals surface area (Å²) in [5.74, 6) is 1.18. The van der Waals surface area contributed by atoms with E-state index in [0.29, 0.717) is 25.0 Å². The Morgan fingerprint density at radius 2 is 2.28 bits per heavy atom. The molecule has 96 valence electrons. The first kappa shape index (κ1) is 12.3. The summed E-state index contributed by atoms with van der Waals surface area (Å²) in [6, 6.07) is 1.83. The number of aromatic nitrogens is 4. The smallest absolute Gasteiger partial charge is 0.226 e. The standard InChI is InChI=1S/C12H17N5O/c1-3-4-18-11-5-9(2)16-12(17-11)13-6-10-7-14-15-8-10/h5,7-8H,3-4,6H2,1-2H3,(H,14,15)(H,13,16,17). The Labute approximate surface area is 106 Å². The summed E-state index contributed by atoms with van der Waals surface area (Å²) in [6.07, 6.45) is 4.55. The van der Waals surface area contributed by atoms with E-state index in [1.807, 2.05) is 19.2 Å². The van der Waals surface area contributed by atoms with E-state index in [0.717, 1.165) is 17.7 Å². The van der Waals surface area contributed by atoms with Crippen molar-refractivity contribution in [2.75, 3.05) is 11.9 Å². The van der Waals surface area contributed by atoms with Gasteiger partial charge in [0.05, 0.1) is 12.8 Å². The molecule has 2 N–H and O–H groups in total. The Balaban J connectivity index is 2.00. The minimum Gasteiger partial charge on any atom is -0.478 e. The van der Waals surface area contributed by atoms with E-state index in [4.69, 9.17) is 4.74 Å². The third-order valence-corrected chi connectivity index (χ3v) is 2.29. The molecule has 0 atom stereocenters. The molecule has 0 radical (unpaired) electrons. The van der Waals surface area contributed by atoms with Crippen molar-refractivity contribution in [2.45, 2.75) is 26.8 Å². The molecule has 0 amide bonds. The van der Waals surface area contributed by atoms with Crippen molar-refractivity contribution < 1.29 is 4.74 Å². The molecule has 0 saturated carbocycles.